The monoisotopic (exact) mass is 284 g/mol. The van der Waals surface area contributed by atoms with Crippen LogP contribution in [0.1, 0.15) is 24.0 Å². The predicted octanol–water partition coefficient (Wildman–Crippen LogP) is 3.11. The molecule has 2 aromatic rings. The van der Waals surface area contributed by atoms with E-state index < -0.39 is 6.10 Å². The van der Waals surface area contributed by atoms with E-state index in [1.54, 1.807) is 0 Å². The van der Waals surface area contributed by atoms with Crippen molar-refractivity contribution in [3.05, 3.63) is 71.8 Å². The lowest BCUT2D eigenvalue weighted by molar-refractivity contribution is -0.147. The number of ether oxygens (including phenoxy) is 1. The van der Waals surface area contributed by atoms with E-state index in [1.807, 2.05) is 60.7 Å². The quantitative estimate of drug-likeness (QED) is 0.795. The normalized spacial score (nSPS) is 11.9. The molecular formula is C18H20O3. The van der Waals surface area contributed by atoms with Gasteiger partial charge >= 0.3 is 5.97 Å². The molecule has 0 aromatic heterocycles. The van der Waals surface area contributed by atoms with Gasteiger partial charge in [-0.1, -0.05) is 60.7 Å². The summed E-state index contributed by atoms with van der Waals surface area (Å²) < 4.78 is 5.15. The molecule has 3 nitrogen and oxygen atoms in total. The Balaban J connectivity index is 1.67. The van der Waals surface area contributed by atoms with Gasteiger partial charge in [0, 0.05) is 0 Å². The lowest BCUT2D eigenvalue weighted by atomic mass is 10.1. The first-order valence-corrected chi connectivity index (χ1v) is 7.15. The zero-order chi connectivity index (χ0) is 14.9. The maximum Gasteiger partial charge on any atom is 0.308 e. The Morgan fingerprint density at radius 1 is 0.952 bits per heavy atom. The zero-order valence-electron chi connectivity index (χ0n) is 11.9. The van der Waals surface area contributed by atoms with Crippen molar-refractivity contribution < 1.29 is 14.6 Å². The Kier molecular flexibility index (Phi) is 5.98. The highest BCUT2D eigenvalue weighted by molar-refractivity contribution is 5.69. The molecule has 0 radical (unpaired) electrons. The fourth-order valence-electron chi connectivity index (χ4n) is 2.07. The Morgan fingerprint density at radius 2 is 1.52 bits per heavy atom. The van der Waals surface area contributed by atoms with Gasteiger partial charge in [0.2, 0.25) is 0 Å². The second-order valence-corrected chi connectivity index (χ2v) is 5.03. The molecule has 0 saturated carbocycles. The van der Waals surface area contributed by atoms with Gasteiger partial charge in [-0.25, -0.2) is 0 Å². The van der Waals surface area contributed by atoms with Crippen molar-refractivity contribution in [3.63, 3.8) is 0 Å². The SMILES string of the molecule is O=C(C[C@H](O)CCc1ccccc1)OCc1ccccc1. The molecule has 0 fully saturated rings. The smallest absolute Gasteiger partial charge is 0.308 e. The number of hydrogen-bond acceptors (Lipinski definition) is 3. The first-order chi connectivity index (χ1) is 10.2. The number of benzene rings is 2. The highest BCUT2D eigenvalue weighted by Gasteiger charge is 2.12. The van der Waals surface area contributed by atoms with Gasteiger partial charge in [0.05, 0.1) is 12.5 Å². The van der Waals surface area contributed by atoms with E-state index in [0.717, 1.165) is 17.5 Å². The maximum absolute atomic E-state index is 11.7. The van der Waals surface area contributed by atoms with Crippen LogP contribution in [0.5, 0.6) is 0 Å². The van der Waals surface area contributed by atoms with Crippen molar-refractivity contribution >= 4 is 5.97 Å². The van der Waals surface area contributed by atoms with Gasteiger partial charge in [0.15, 0.2) is 0 Å². The number of aliphatic hydroxyl groups excluding tert-OH is 1. The molecule has 0 aliphatic carbocycles. The summed E-state index contributed by atoms with van der Waals surface area (Å²) in [5.41, 5.74) is 2.11. The first kappa shape index (κ1) is 15.3. The summed E-state index contributed by atoms with van der Waals surface area (Å²) in [7, 11) is 0. The van der Waals surface area contributed by atoms with Gasteiger partial charge in [-0.15, -0.1) is 0 Å². The van der Waals surface area contributed by atoms with Crippen LogP contribution in [0.3, 0.4) is 0 Å². The molecule has 0 bridgehead atoms. The van der Waals surface area contributed by atoms with E-state index in [4.69, 9.17) is 4.74 Å². The maximum atomic E-state index is 11.7. The van der Waals surface area contributed by atoms with E-state index >= 15 is 0 Å². The summed E-state index contributed by atoms with van der Waals surface area (Å²) in [5, 5.41) is 9.88. The molecule has 1 N–H and O–H groups in total. The van der Waals surface area contributed by atoms with Crippen LogP contribution in [0, 0.1) is 0 Å². The van der Waals surface area contributed by atoms with E-state index in [9.17, 15) is 9.90 Å². The van der Waals surface area contributed by atoms with Crippen LogP contribution in [0.15, 0.2) is 60.7 Å². The third-order valence-electron chi connectivity index (χ3n) is 3.25. The van der Waals surface area contributed by atoms with Crippen LogP contribution >= 0.6 is 0 Å². The average Bonchev–Trinajstić information content (AvgIpc) is 2.53. The van der Waals surface area contributed by atoms with E-state index in [-0.39, 0.29) is 19.0 Å². The molecule has 3 heteroatoms. The Morgan fingerprint density at radius 3 is 2.14 bits per heavy atom. The molecule has 0 spiro atoms. The van der Waals surface area contributed by atoms with E-state index in [1.165, 1.54) is 0 Å². The molecule has 2 rings (SSSR count). The fraction of sp³-hybridized carbons (Fsp3) is 0.278. The highest BCUT2D eigenvalue weighted by Crippen LogP contribution is 2.09. The molecule has 0 saturated heterocycles. The van der Waals surface area contributed by atoms with Gasteiger partial charge in [0.25, 0.3) is 0 Å². The van der Waals surface area contributed by atoms with Crippen molar-refractivity contribution in [3.8, 4) is 0 Å². The molecule has 0 heterocycles. The summed E-state index contributed by atoms with van der Waals surface area (Å²) in [6, 6.07) is 19.4. The van der Waals surface area contributed by atoms with Crippen LogP contribution in [0.25, 0.3) is 0 Å². The lowest BCUT2D eigenvalue weighted by Crippen LogP contribution is -2.16. The van der Waals surface area contributed by atoms with Crippen molar-refractivity contribution in [2.24, 2.45) is 0 Å². The van der Waals surface area contributed by atoms with Crippen LogP contribution in [-0.2, 0) is 22.6 Å². The number of carbonyl (C=O) groups excluding carboxylic acids is 1. The summed E-state index contributed by atoms with van der Waals surface area (Å²) in [4.78, 5) is 11.7. The van der Waals surface area contributed by atoms with Gasteiger partial charge in [-0.05, 0) is 24.0 Å². The molecule has 1 atom stereocenters. The molecule has 21 heavy (non-hydrogen) atoms. The molecule has 0 aliphatic heterocycles. The second-order valence-electron chi connectivity index (χ2n) is 5.03. The van der Waals surface area contributed by atoms with Gasteiger partial charge in [-0.3, -0.25) is 4.79 Å². The minimum Gasteiger partial charge on any atom is -0.461 e. The van der Waals surface area contributed by atoms with E-state index in [2.05, 4.69) is 0 Å². The Labute approximate surface area is 125 Å². The predicted molar refractivity (Wildman–Crippen MR) is 81.6 cm³/mol. The van der Waals surface area contributed by atoms with E-state index in [0.29, 0.717) is 6.42 Å². The van der Waals surface area contributed by atoms with Gasteiger partial charge < -0.3 is 9.84 Å². The fourth-order valence-corrected chi connectivity index (χ4v) is 2.07. The lowest BCUT2D eigenvalue weighted by Gasteiger charge is -2.10. The summed E-state index contributed by atoms with van der Waals surface area (Å²) in [6.45, 7) is 0.255. The van der Waals surface area contributed by atoms with Crippen molar-refractivity contribution in [2.75, 3.05) is 0 Å². The van der Waals surface area contributed by atoms with Crippen LogP contribution < -0.4 is 0 Å². The number of carbonyl (C=O) groups is 1. The Bertz CT molecular complexity index is 537. The molecular weight excluding hydrogens is 264 g/mol. The van der Waals surface area contributed by atoms with Crippen molar-refractivity contribution in [1.82, 2.24) is 0 Å². The number of hydrogen-bond donors (Lipinski definition) is 1. The number of aliphatic hydroxyl groups is 1. The number of rotatable bonds is 7. The average molecular weight is 284 g/mol. The molecule has 110 valence electrons. The summed E-state index contributed by atoms with van der Waals surface area (Å²) >= 11 is 0. The first-order valence-electron chi connectivity index (χ1n) is 7.15. The largest absolute Gasteiger partial charge is 0.461 e. The minimum absolute atomic E-state index is 0.0413. The third-order valence-corrected chi connectivity index (χ3v) is 3.25. The Hall–Kier alpha value is -2.13. The standard InChI is InChI=1S/C18H20O3/c19-17(12-11-15-7-3-1-4-8-15)13-18(20)21-14-16-9-5-2-6-10-16/h1-10,17,19H,11-14H2/t17-/m1/s1. The zero-order valence-corrected chi connectivity index (χ0v) is 11.9. The van der Waals surface area contributed by atoms with Gasteiger partial charge in [-0.2, -0.15) is 0 Å². The summed E-state index contributed by atoms with van der Waals surface area (Å²) in [6.07, 6.45) is 0.700. The van der Waals surface area contributed by atoms with Crippen LogP contribution in [0.2, 0.25) is 0 Å². The number of esters is 1. The van der Waals surface area contributed by atoms with Crippen molar-refractivity contribution in [1.29, 1.82) is 0 Å². The van der Waals surface area contributed by atoms with Crippen molar-refractivity contribution in [2.45, 2.75) is 32.0 Å². The van der Waals surface area contributed by atoms with Crippen LogP contribution in [-0.4, -0.2) is 17.2 Å². The van der Waals surface area contributed by atoms with Gasteiger partial charge in [0.1, 0.15) is 6.61 Å². The third kappa shape index (κ3) is 5.79. The topological polar surface area (TPSA) is 46.5 Å². The molecule has 2 aromatic carbocycles. The summed E-state index contributed by atoms with van der Waals surface area (Å²) in [5.74, 6) is -0.362. The minimum atomic E-state index is -0.659. The highest BCUT2D eigenvalue weighted by atomic mass is 16.5. The number of aryl methyl sites for hydroxylation is 1. The molecule has 0 unspecified atom stereocenters. The van der Waals surface area contributed by atoms with Crippen LogP contribution in [0.4, 0.5) is 0 Å². The molecule has 0 amide bonds. The molecule has 0 aliphatic rings. The second kappa shape index (κ2) is 8.22.